The second-order valence-electron chi connectivity index (χ2n) is 4.45. The minimum Gasteiger partial charge on any atom is -0.294 e. The first-order valence-electron chi connectivity index (χ1n) is 6.17. The summed E-state index contributed by atoms with van der Waals surface area (Å²) < 4.78 is 73.7. The lowest BCUT2D eigenvalue weighted by molar-refractivity contribution is -0.137. The van der Waals surface area contributed by atoms with Gasteiger partial charge in [-0.15, -0.1) is 0 Å². The summed E-state index contributed by atoms with van der Waals surface area (Å²) in [5.41, 5.74) is -1.98. The molecule has 0 heterocycles. The van der Waals surface area contributed by atoms with Crippen LogP contribution in [-0.2, 0) is 16.0 Å². The zero-order valence-corrected chi connectivity index (χ0v) is 12.0. The highest BCUT2D eigenvalue weighted by molar-refractivity contribution is 7.91. The minimum absolute atomic E-state index is 0.0944. The molecule has 118 valence electrons. The molecule has 0 unspecified atom stereocenters. The van der Waals surface area contributed by atoms with Crippen LogP contribution in [0.15, 0.2) is 18.2 Å². The van der Waals surface area contributed by atoms with Gasteiger partial charge in [-0.25, -0.2) is 12.8 Å². The molecule has 0 N–H and O–H groups in total. The van der Waals surface area contributed by atoms with Crippen LogP contribution in [0, 0.1) is 5.82 Å². The van der Waals surface area contributed by atoms with Crippen molar-refractivity contribution in [1.29, 1.82) is 0 Å². The average Bonchev–Trinajstić information content (AvgIpc) is 2.36. The number of Topliss-reactive ketones (excluding diaryl/α,β-unsaturated/α-hetero) is 1. The second-order valence-corrected chi connectivity index (χ2v) is 6.92. The van der Waals surface area contributed by atoms with Crippen molar-refractivity contribution < 1.29 is 30.8 Å². The summed E-state index contributed by atoms with van der Waals surface area (Å²) >= 11 is 0. The maximum Gasteiger partial charge on any atom is 0.417 e. The molecule has 1 rings (SSSR count). The lowest BCUT2D eigenvalue weighted by Gasteiger charge is -2.12. The summed E-state index contributed by atoms with van der Waals surface area (Å²) in [5.74, 6) is -2.26. The van der Waals surface area contributed by atoms with E-state index in [4.69, 9.17) is 0 Å². The Morgan fingerprint density at radius 1 is 1.24 bits per heavy atom. The summed E-state index contributed by atoms with van der Waals surface area (Å²) in [6.07, 6.45) is -5.25. The van der Waals surface area contributed by atoms with E-state index in [-0.39, 0.29) is 24.3 Å². The van der Waals surface area contributed by atoms with Gasteiger partial charge in [0.2, 0.25) is 0 Å². The molecule has 0 amide bonds. The first-order chi connectivity index (χ1) is 9.57. The van der Waals surface area contributed by atoms with Crippen molar-refractivity contribution in [2.45, 2.75) is 25.9 Å². The van der Waals surface area contributed by atoms with Gasteiger partial charge in [0.25, 0.3) is 0 Å². The van der Waals surface area contributed by atoms with E-state index in [0.717, 1.165) is 0 Å². The molecule has 3 nitrogen and oxygen atoms in total. The summed E-state index contributed by atoms with van der Waals surface area (Å²) in [6.45, 7) is 1.44. The number of hydrogen-bond acceptors (Lipinski definition) is 3. The van der Waals surface area contributed by atoms with E-state index >= 15 is 0 Å². The molecule has 0 fully saturated rings. The van der Waals surface area contributed by atoms with E-state index < -0.39 is 38.7 Å². The molecule has 0 radical (unpaired) electrons. The molecule has 0 aliphatic carbocycles. The number of halogens is 4. The molecule has 0 aromatic heterocycles. The molecule has 1 aromatic carbocycles. The van der Waals surface area contributed by atoms with E-state index in [9.17, 15) is 30.8 Å². The Balaban J connectivity index is 2.90. The average molecular weight is 326 g/mol. The minimum atomic E-state index is -4.77. The number of sulfone groups is 1. The Labute approximate surface area is 119 Å². The van der Waals surface area contributed by atoms with Crippen molar-refractivity contribution in [2.24, 2.45) is 0 Å². The van der Waals surface area contributed by atoms with E-state index in [2.05, 4.69) is 0 Å². The highest BCUT2D eigenvalue weighted by Gasteiger charge is 2.35. The molecular formula is C13H14F4O3S. The van der Waals surface area contributed by atoms with E-state index in [1.807, 2.05) is 0 Å². The summed E-state index contributed by atoms with van der Waals surface area (Å²) in [5, 5.41) is 0. The molecule has 1 aromatic rings. The van der Waals surface area contributed by atoms with Crippen LogP contribution in [0.4, 0.5) is 17.6 Å². The highest BCUT2D eigenvalue weighted by Crippen LogP contribution is 2.33. The van der Waals surface area contributed by atoms with Crippen molar-refractivity contribution in [1.82, 2.24) is 0 Å². The van der Waals surface area contributed by atoms with Gasteiger partial charge in [-0.3, -0.25) is 4.79 Å². The van der Waals surface area contributed by atoms with E-state index in [1.165, 1.54) is 6.92 Å². The smallest absolute Gasteiger partial charge is 0.294 e. The van der Waals surface area contributed by atoms with Crippen LogP contribution in [0.1, 0.15) is 35.7 Å². The maximum absolute atomic E-state index is 13.0. The third-order valence-electron chi connectivity index (χ3n) is 2.89. The van der Waals surface area contributed by atoms with Crippen molar-refractivity contribution in [3.05, 3.63) is 35.1 Å². The Hall–Kier alpha value is -1.44. The molecule has 8 heteroatoms. The zero-order chi connectivity index (χ0) is 16.3. The van der Waals surface area contributed by atoms with Crippen molar-refractivity contribution in [3.8, 4) is 0 Å². The van der Waals surface area contributed by atoms with Crippen molar-refractivity contribution >= 4 is 15.6 Å². The number of carbonyl (C=O) groups is 1. The number of hydrogen-bond donors (Lipinski definition) is 0. The number of rotatable bonds is 6. The van der Waals surface area contributed by atoms with Gasteiger partial charge in [-0.1, -0.05) is 6.92 Å². The zero-order valence-electron chi connectivity index (χ0n) is 11.2. The first kappa shape index (κ1) is 17.6. The topological polar surface area (TPSA) is 51.2 Å². The highest BCUT2D eigenvalue weighted by atomic mass is 32.2. The number of carbonyl (C=O) groups excluding carboxylic acids is 1. The van der Waals surface area contributed by atoms with Crippen molar-refractivity contribution in [3.63, 3.8) is 0 Å². The molecule has 21 heavy (non-hydrogen) atoms. The van der Waals surface area contributed by atoms with E-state index in [0.29, 0.717) is 18.2 Å². The largest absolute Gasteiger partial charge is 0.417 e. The van der Waals surface area contributed by atoms with Crippen LogP contribution in [0.2, 0.25) is 0 Å². The molecule has 0 atom stereocenters. The lowest BCUT2D eigenvalue weighted by Crippen LogP contribution is -2.15. The second kappa shape index (κ2) is 6.55. The van der Waals surface area contributed by atoms with Crippen LogP contribution >= 0.6 is 0 Å². The van der Waals surface area contributed by atoms with Crippen LogP contribution in [-0.4, -0.2) is 25.7 Å². The number of ketones is 1. The Kier molecular flexibility index (Phi) is 5.49. The fourth-order valence-electron chi connectivity index (χ4n) is 1.73. The van der Waals surface area contributed by atoms with Gasteiger partial charge in [0.15, 0.2) is 5.78 Å². The summed E-state index contributed by atoms with van der Waals surface area (Å²) in [7, 11) is -3.29. The fraction of sp³-hybridized carbons (Fsp3) is 0.462. The van der Waals surface area contributed by atoms with Gasteiger partial charge >= 0.3 is 6.18 Å². The molecule has 0 aliphatic rings. The normalized spacial score (nSPS) is 12.4. The van der Waals surface area contributed by atoms with Crippen LogP contribution < -0.4 is 0 Å². The van der Waals surface area contributed by atoms with Crippen LogP contribution in [0.3, 0.4) is 0 Å². The molecule has 0 aliphatic heterocycles. The maximum atomic E-state index is 13.0. The predicted octanol–water partition coefficient (Wildman–Crippen LogP) is 3.24. The summed E-state index contributed by atoms with van der Waals surface area (Å²) in [6, 6.07) is 1.66. The molecule has 0 bridgehead atoms. The van der Waals surface area contributed by atoms with Gasteiger partial charge in [0.1, 0.15) is 15.7 Å². The lowest BCUT2D eigenvalue weighted by atomic mass is 10.0. The monoisotopic (exact) mass is 326 g/mol. The first-order valence-corrected chi connectivity index (χ1v) is 7.99. The fourth-order valence-corrected chi connectivity index (χ4v) is 2.60. The molecular weight excluding hydrogens is 312 g/mol. The third-order valence-corrected chi connectivity index (χ3v) is 4.68. The van der Waals surface area contributed by atoms with Crippen LogP contribution in [0.5, 0.6) is 0 Å². The van der Waals surface area contributed by atoms with Gasteiger partial charge in [-0.2, -0.15) is 13.2 Å². The molecule has 0 saturated heterocycles. The Morgan fingerprint density at radius 3 is 2.38 bits per heavy atom. The standard InChI is InChI=1S/C13H14F4O3S/c1-2-21(19,20)7-3-4-12(18)10-8-9(14)5-6-11(10)13(15,16)17/h5-6,8H,2-4,7H2,1H3. The number of alkyl halides is 3. The van der Waals surface area contributed by atoms with Crippen LogP contribution in [0.25, 0.3) is 0 Å². The van der Waals surface area contributed by atoms with Gasteiger partial charge < -0.3 is 0 Å². The summed E-state index contributed by atoms with van der Waals surface area (Å²) in [4.78, 5) is 11.8. The Morgan fingerprint density at radius 2 is 1.86 bits per heavy atom. The predicted molar refractivity (Wildman–Crippen MR) is 69.3 cm³/mol. The molecule has 0 saturated carbocycles. The number of benzene rings is 1. The van der Waals surface area contributed by atoms with Gasteiger partial charge in [-0.05, 0) is 24.6 Å². The van der Waals surface area contributed by atoms with Gasteiger partial charge in [0, 0.05) is 17.7 Å². The Bertz CT molecular complexity index is 621. The molecule has 0 spiro atoms. The third kappa shape index (κ3) is 5.11. The van der Waals surface area contributed by atoms with Crippen molar-refractivity contribution in [2.75, 3.05) is 11.5 Å². The SMILES string of the molecule is CCS(=O)(=O)CCCC(=O)c1cc(F)ccc1C(F)(F)F. The van der Waals surface area contributed by atoms with E-state index in [1.54, 1.807) is 0 Å². The van der Waals surface area contributed by atoms with Gasteiger partial charge in [0.05, 0.1) is 11.3 Å². The quantitative estimate of drug-likeness (QED) is 0.596.